The zero-order valence-electron chi connectivity index (χ0n) is 10.5. The van der Waals surface area contributed by atoms with Crippen LogP contribution in [0.3, 0.4) is 0 Å². The average molecular weight is 271 g/mol. The number of thiophene rings is 1. The van der Waals surface area contributed by atoms with Crippen LogP contribution in [-0.2, 0) is 4.74 Å². The molecule has 1 aromatic heterocycles. The van der Waals surface area contributed by atoms with Crippen LogP contribution >= 0.6 is 11.3 Å². The summed E-state index contributed by atoms with van der Waals surface area (Å²) in [5, 5.41) is 3.48. The Kier molecular flexibility index (Phi) is 3.93. The normalized spacial score (nSPS) is 15.6. The van der Waals surface area contributed by atoms with Gasteiger partial charge in [-0.05, 0) is 0 Å². The molecule has 1 amide bonds. The summed E-state index contributed by atoms with van der Waals surface area (Å²) in [4.78, 5) is 14.3. The van der Waals surface area contributed by atoms with E-state index in [1.54, 1.807) is 14.2 Å². The summed E-state index contributed by atoms with van der Waals surface area (Å²) < 4.78 is 10.6. The number of methoxy groups -OCH3 is 1. The Morgan fingerprint density at radius 1 is 1.50 bits per heavy atom. The Morgan fingerprint density at radius 2 is 2.17 bits per heavy atom. The molecule has 0 unspecified atom stereocenters. The van der Waals surface area contributed by atoms with E-state index < -0.39 is 0 Å². The van der Waals surface area contributed by atoms with Crippen molar-refractivity contribution in [1.82, 2.24) is 5.32 Å². The molecule has 0 aromatic carbocycles. The Balaban J connectivity index is 2.36. The number of rotatable bonds is 3. The van der Waals surface area contributed by atoms with Gasteiger partial charge in [0.15, 0.2) is 5.75 Å². The van der Waals surface area contributed by atoms with Gasteiger partial charge in [-0.1, -0.05) is 0 Å². The van der Waals surface area contributed by atoms with Crippen LogP contribution in [0.5, 0.6) is 5.75 Å². The SMILES string of the molecule is CNC(=O)c1sc(N2CCOCC2)c(OC)c1N. The van der Waals surface area contributed by atoms with Gasteiger partial charge in [-0.15, -0.1) is 11.3 Å². The highest BCUT2D eigenvalue weighted by Crippen LogP contribution is 2.44. The molecule has 1 aliphatic rings. The predicted octanol–water partition coefficient (Wildman–Crippen LogP) is 0.535. The molecule has 0 radical (unpaired) electrons. The number of hydrogen-bond donors (Lipinski definition) is 2. The first-order chi connectivity index (χ1) is 8.69. The van der Waals surface area contributed by atoms with Crippen molar-refractivity contribution in [3.05, 3.63) is 4.88 Å². The van der Waals surface area contributed by atoms with Crippen molar-refractivity contribution in [1.29, 1.82) is 0 Å². The Bertz CT molecular complexity index is 441. The molecule has 1 aromatic rings. The van der Waals surface area contributed by atoms with E-state index in [-0.39, 0.29) is 5.91 Å². The number of amides is 1. The van der Waals surface area contributed by atoms with Crippen LogP contribution in [0.25, 0.3) is 0 Å². The fourth-order valence-electron chi connectivity index (χ4n) is 1.87. The van der Waals surface area contributed by atoms with Crippen molar-refractivity contribution >= 4 is 27.9 Å². The monoisotopic (exact) mass is 271 g/mol. The number of nitrogens with one attached hydrogen (secondary N) is 1. The molecule has 1 fully saturated rings. The minimum atomic E-state index is -0.185. The third kappa shape index (κ3) is 2.23. The number of nitrogens with zero attached hydrogens (tertiary/aromatic N) is 1. The highest BCUT2D eigenvalue weighted by atomic mass is 32.1. The van der Waals surface area contributed by atoms with E-state index in [0.717, 1.165) is 18.1 Å². The van der Waals surface area contributed by atoms with Crippen LogP contribution in [0.2, 0.25) is 0 Å². The molecule has 6 nitrogen and oxygen atoms in total. The minimum Gasteiger partial charge on any atom is -0.492 e. The lowest BCUT2D eigenvalue weighted by molar-refractivity contribution is 0.0967. The van der Waals surface area contributed by atoms with E-state index in [1.807, 2.05) is 0 Å². The van der Waals surface area contributed by atoms with Crippen LogP contribution in [0.1, 0.15) is 9.67 Å². The van der Waals surface area contributed by atoms with Gasteiger partial charge < -0.3 is 25.4 Å². The molecule has 2 heterocycles. The zero-order chi connectivity index (χ0) is 13.1. The van der Waals surface area contributed by atoms with E-state index in [0.29, 0.717) is 29.5 Å². The van der Waals surface area contributed by atoms with Gasteiger partial charge >= 0.3 is 0 Å². The van der Waals surface area contributed by atoms with Crippen molar-refractivity contribution in [3.8, 4) is 5.75 Å². The lowest BCUT2D eigenvalue weighted by Gasteiger charge is -2.27. The van der Waals surface area contributed by atoms with Gasteiger partial charge in [-0.3, -0.25) is 4.79 Å². The maximum absolute atomic E-state index is 11.7. The van der Waals surface area contributed by atoms with Gasteiger partial charge in [0.1, 0.15) is 15.6 Å². The van der Waals surface area contributed by atoms with E-state index in [9.17, 15) is 4.79 Å². The number of morpholine rings is 1. The van der Waals surface area contributed by atoms with Crippen LogP contribution in [0.4, 0.5) is 10.7 Å². The topological polar surface area (TPSA) is 76.8 Å². The summed E-state index contributed by atoms with van der Waals surface area (Å²) in [7, 11) is 3.15. The first-order valence-corrected chi connectivity index (χ1v) is 6.51. The summed E-state index contributed by atoms with van der Waals surface area (Å²) in [6.07, 6.45) is 0. The lowest BCUT2D eigenvalue weighted by Crippen LogP contribution is -2.35. The summed E-state index contributed by atoms with van der Waals surface area (Å²) in [5.74, 6) is 0.399. The lowest BCUT2D eigenvalue weighted by atomic mass is 10.3. The molecule has 7 heteroatoms. The summed E-state index contributed by atoms with van der Waals surface area (Å²) in [5.41, 5.74) is 6.37. The molecular formula is C11H17N3O3S. The third-order valence-electron chi connectivity index (χ3n) is 2.82. The second-order valence-electron chi connectivity index (χ2n) is 3.86. The smallest absolute Gasteiger partial charge is 0.263 e. The van der Waals surface area contributed by atoms with Crippen molar-refractivity contribution < 1.29 is 14.3 Å². The first-order valence-electron chi connectivity index (χ1n) is 5.70. The van der Waals surface area contributed by atoms with E-state index in [2.05, 4.69) is 10.2 Å². The van der Waals surface area contributed by atoms with Crippen molar-refractivity contribution in [2.24, 2.45) is 0 Å². The van der Waals surface area contributed by atoms with E-state index in [1.165, 1.54) is 11.3 Å². The standard InChI is InChI=1S/C11H17N3O3S/c1-13-10(15)9-7(12)8(16-2)11(18-9)14-3-5-17-6-4-14/h3-6,12H2,1-2H3,(H,13,15). The second-order valence-corrected chi connectivity index (χ2v) is 4.86. The maximum Gasteiger partial charge on any atom is 0.263 e. The van der Waals surface area contributed by atoms with Crippen molar-refractivity contribution in [3.63, 3.8) is 0 Å². The fraction of sp³-hybridized carbons (Fsp3) is 0.545. The number of carbonyl (C=O) groups is 1. The number of carbonyl (C=O) groups excluding carboxylic acids is 1. The molecule has 1 aliphatic heterocycles. The highest BCUT2D eigenvalue weighted by Gasteiger charge is 2.25. The summed E-state index contributed by atoms with van der Waals surface area (Å²) >= 11 is 1.36. The first kappa shape index (κ1) is 13.0. The number of nitrogen functional groups attached to an aromatic ring is 1. The Hall–Kier alpha value is -1.47. The fourth-order valence-corrected chi connectivity index (χ4v) is 3.06. The zero-order valence-corrected chi connectivity index (χ0v) is 11.3. The van der Waals surface area contributed by atoms with E-state index in [4.69, 9.17) is 15.2 Å². The van der Waals surface area contributed by atoms with Crippen LogP contribution < -0.4 is 20.7 Å². The number of nitrogens with two attached hydrogens (primary N) is 1. The quantitative estimate of drug-likeness (QED) is 0.839. The Morgan fingerprint density at radius 3 is 2.72 bits per heavy atom. The van der Waals surface area contributed by atoms with Crippen LogP contribution in [0, 0.1) is 0 Å². The molecule has 18 heavy (non-hydrogen) atoms. The Labute approximate surface area is 110 Å². The minimum absolute atomic E-state index is 0.185. The van der Waals surface area contributed by atoms with Gasteiger partial charge in [-0.2, -0.15) is 0 Å². The maximum atomic E-state index is 11.7. The summed E-state index contributed by atoms with van der Waals surface area (Å²) in [6.45, 7) is 2.92. The van der Waals surface area contributed by atoms with E-state index >= 15 is 0 Å². The summed E-state index contributed by atoms with van der Waals surface area (Å²) in [6, 6.07) is 0. The number of ether oxygens (including phenoxy) is 2. The highest BCUT2D eigenvalue weighted by molar-refractivity contribution is 7.19. The molecule has 2 rings (SSSR count). The predicted molar refractivity (Wildman–Crippen MR) is 71.7 cm³/mol. The molecule has 0 spiro atoms. The van der Waals surface area contributed by atoms with Crippen molar-refractivity contribution in [2.75, 3.05) is 51.1 Å². The second kappa shape index (κ2) is 5.45. The number of hydrogen-bond acceptors (Lipinski definition) is 6. The average Bonchev–Trinajstić information content (AvgIpc) is 2.76. The van der Waals surface area contributed by atoms with Crippen LogP contribution in [0.15, 0.2) is 0 Å². The van der Waals surface area contributed by atoms with Gasteiger partial charge in [0, 0.05) is 20.1 Å². The van der Waals surface area contributed by atoms with Gasteiger partial charge in [-0.25, -0.2) is 0 Å². The molecule has 0 bridgehead atoms. The third-order valence-corrected chi connectivity index (χ3v) is 4.06. The molecule has 0 saturated carbocycles. The van der Waals surface area contributed by atoms with Gasteiger partial charge in [0.2, 0.25) is 0 Å². The molecule has 100 valence electrons. The largest absolute Gasteiger partial charge is 0.492 e. The molecule has 1 saturated heterocycles. The molecular weight excluding hydrogens is 254 g/mol. The number of anilines is 2. The molecule has 0 aliphatic carbocycles. The van der Waals surface area contributed by atoms with Crippen molar-refractivity contribution in [2.45, 2.75) is 0 Å². The molecule has 0 atom stereocenters. The van der Waals surface area contributed by atoms with Crippen LogP contribution in [-0.4, -0.2) is 46.4 Å². The van der Waals surface area contributed by atoms with Gasteiger partial charge in [0.25, 0.3) is 5.91 Å². The van der Waals surface area contributed by atoms with Gasteiger partial charge in [0.05, 0.1) is 20.3 Å². The molecule has 3 N–H and O–H groups in total.